The number of carboxylic acids is 1. The summed E-state index contributed by atoms with van der Waals surface area (Å²) in [5, 5.41) is 10.5. The van der Waals surface area contributed by atoms with Crippen molar-refractivity contribution in [3.05, 3.63) is 29.8 Å². The minimum absolute atomic E-state index is 0. The minimum atomic E-state index is -3.68. The molecule has 88 valence electrons. The van der Waals surface area contributed by atoms with Gasteiger partial charge >= 0.3 is 51.4 Å². The molecule has 9 heteroatoms. The molecular formula is C8H4Br3KO4S. The van der Waals surface area contributed by atoms with Gasteiger partial charge in [0.25, 0.3) is 0 Å². The Hall–Kier alpha value is 1.72. The zero-order valence-corrected chi connectivity index (χ0v) is 17.2. The van der Waals surface area contributed by atoms with Crippen molar-refractivity contribution in [3.8, 4) is 0 Å². The zero-order chi connectivity index (χ0) is 12.6. The van der Waals surface area contributed by atoms with Crippen LogP contribution < -0.4 is 56.5 Å². The van der Waals surface area contributed by atoms with Crippen LogP contribution in [-0.2, 0) is 9.84 Å². The maximum absolute atomic E-state index is 11.8. The molecule has 0 aromatic heterocycles. The standard InChI is InChI=1S/C8H5Br3O4S.K/c9-8(10,11)16(14,15)6-3-1-5(2-4-6)7(12)13;/h1-4H,(H,12,13);/q;+1/p-1. The molecule has 1 aromatic carbocycles. The van der Waals surface area contributed by atoms with Crippen LogP contribution in [0, 0.1) is 0 Å². The van der Waals surface area contributed by atoms with E-state index in [0.717, 1.165) is 0 Å². The van der Waals surface area contributed by atoms with Crippen molar-refractivity contribution in [1.82, 2.24) is 0 Å². The van der Waals surface area contributed by atoms with Gasteiger partial charge in [-0.2, -0.15) is 0 Å². The zero-order valence-electron chi connectivity index (χ0n) is 8.48. The number of carboxylic acid groups (broad SMARTS) is 1. The Balaban J connectivity index is 0.00000256. The molecule has 0 unspecified atom stereocenters. The van der Waals surface area contributed by atoms with Crippen molar-refractivity contribution in [3.63, 3.8) is 0 Å². The Morgan fingerprint density at radius 1 is 1.12 bits per heavy atom. The molecule has 0 fully saturated rings. The quantitative estimate of drug-likeness (QED) is 0.391. The van der Waals surface area contributed by atoms with E-state index in [1.54, 1.807) is 0 Å². The molecule has 0 spiro atoms. The van der Waals surface area contributed by atoms with Gasteiger partial charge in [-0.3, -0.25) is 0 Å². The maximum Gasteiger partial charge on any atom is 1.00 e. The summed E-state index contributed by atoms with van der Waals surface area (Å²) in [4.78, 5) is 10.4. The number of rotatable bonds is 2. The molecule has 0 aliphatic carbocycles. The second kappa shape index (κ2) is 6.94. The van der Waals surface area contributed by atoms with E-state index >= 15 is 0 Å². The number of halogens is 3. The minimum Gasteiger partial charge on any atom is -0.545 e. The first kappa shape index (κ1) is 18.7. The Morgan fingerprint density at radius 3 is 1.82 bits per heavy atom. The van der Waals surface area contributed by atoms with Crippen LogP contribution in [0.4, 0.5) is 0 Å². The van der Waals surface area contributed by atoms with E-state index in [0.29, 0.717) is 0 Å². The maximum atomic E-state index is 11.8. The Kier molecular flexibility index (Phi) is 7.64. The number of benzene rings is 1. The molecule has 0 bridgehead atoms. The molecule has 0 amide bonds. The van der Waals surface area contributed by atoms with Crippen molar-refractivity contribution in [2.75, 3.05) is 0 Å². The van der Waals surface area contributed by atoms with Gasteiger partial charge in [0.15, 0.2) is 0 Å². The Morgan fingerprint density at radius 2 is 1.53 bits per heavy atom. The van der Waals surface area contributed by atoms with E-state index in [9.17, 15) is 18.3 Å². The molecule has 0 heterocycles. The van der Waals surface area contributed by atoms with E-state index in [1.807, 2.05) is 0 Å². The SMILES string of the molecule is O=C([O-])c1ccc(S(=O)(=O)C(Br)(Br)Br)cc1.[K+]. The summed E-state index contributed by atoms with van der Waals surface area (Å²) in [6, 6.07) is 4.72. The van der Waals surface area contributed by atoms with Crippen molar-refractivity contribution in [1.29, 1.82) is 0 Å². The third-order valence-corrected chi connectivity index (χ3v) is 7.04. The molecule has 17 heavy (non-hydrogen) atoms. The molecule has 1 rings (SSSR count). The molecular weight excluding hydrogens is 471 g/mol. The summed E-state index contributed by atoms with van der Waals surface area (Å²) in [5.41, 5.74) is -0.0803. The number of carbonyl (C=O) groups is 1. The first-order valence-corrected chi connectivity index (χ1v) is 7.65. The average molecular weight is 475 g/mol. The predicted molar refractivity (Wildman–Crippen MR) is 67.5 cm³/mol. The number of alkyl halides is 3. The summed E-state index contributed by atoms with van der Waals surface area (Å²) in [6.07, 6.45) is 0. The number of sulfone groups is 1. The smallest absolute Gasteiger partial charge is 0.545 e. The van der Waals surface area contributed by atoms with Crippen LogP contribution in [0.2, 0.25) is 0 Å². The number of hydrogen-bond acceptors (Lipinski definition) is 4. The van der Waals surface area contributed by atoms with E-state index in [4.69, 9.17) is 0 Å². The largest absolute Gasteiger partial charge is 1.00 e. The van der Waals surface area contributed by atoms with Crippen LogP contribution in [0.5, 0.6) is 0 Å². The fourth-order valence-corrected chi connectivity index (χ4v) is 3.35. The molecule has 0 N–H and O–H groups in total. The van der Waals surface area contributed by atoms with E-state index in [1.165, 1.54) is 24.3 Å². The molecule has 0 radical (unpaired) electrons. The Labute approximate surface area is 166 Å². The molecule has 1 aromatic rings. The van der Waals surface area contributed by atoms with Gasteiger partial charge in [-0.25, -0.2) is 8.42 Å². The topological polar surface area (TPSA) is 74.3 Å². The van der Waals surface area contributed by atoms with Crippen molar-refractivity contribution in [2.24, 2.45) is 0 Å². The summed E-state index contributed by atoms with van der Waals surface area (Å²) < 4.78 is 22.2. The number of carbonyl (C=O) groups excluding carboxylic acids is 1. The van der Waals surface area contributed by atoms with E-state index < -0.39 is 17.3 Å². The number of aromatic carboxylic acids is 1. The van der Waals surface area contributed by atoms with Crippen molar-refractivity contribution in [2.45, 2.75) is 6.37 Å². The van der Waals surface area contributed by atoms with Crippen molar-refractivity contribution < 1.29 is 69.7 Å². The van der Waals surface area contributed by atoms with Gasteiger partial charge in [-0.1, -0.05) is 12.1 Å². The van der Waals surface area contributed by atoms with Gasteiger partial charge < -0.3 is 9.90 Å². The first-order chi connectivity index (χ1) is 7.16. The third-order valence-electron chi connectivity index (χ3n) is 1.71. The summed E-state index contributed by atoms with van der Waals surface area (Å²) in [6.45, 7) is 0. The molecule has 0 saturated carbocycles. The van der Waals surface area contributed by atoms with Gasteiger partial charge in [-0.05, 0) is 65.5 Å². The average Bonchev–Trinajstić information content (AvgIpc) is 2.16. The summed E-state index contributed by atoms with van der Waals surface area (Å²) in [7, 11) is -3.68. The van der Waals surface area contributed by atoms with Crippen LogP contribution in [0.1, 0.15) is 10.4 Å². The molecule has 0 aliphatic rings. The van der Waals surface area contributed by atoms with Crippen LogP contribution in [0.15, 0.2) is 29.2 Å². The van der Waals surface area contributed by atoms with Crippen LogP contribution >= 0.6 is 47.8 Å². The van der Waals surface area contributed by atoms with Crippen LogP contribution in [-0.4, -0.2) is 15.9 Å². The monoisotopic (exact) mass is 472 g/mol. The summed E-state index contributed by atoms with van der Waals surface area (Å²) in [5.74, 6) is -1.35. The normalized spacial score (nSPS) is 11.7. The van der Waals surface area contributed by atoms with Gasteiger partial charge in [0.05, 0.1) is 10.9 Å². The number of hydrogen-bond donors (Lipinski definition) is 0. The fraction of sp³-hybridized carbons (Fsp3) is 0.125. The molecule has 0 aliphatic heterocycles. The molecule has 4 nitrogen and oxygen atoms in total. The third kappa shape index (κ3) is 4.64. The Bertz CT molecular complexity index is 507. The van der Waals surface area contributed by atoms with Gasteiger partial charge in [0, 0.05) is 0 Å². The van der Waals surface area contributed by atoms with Crippen LogP contribution in [0.3, 0.4) is 0 Å². The van der Waals surface area contributed by atoms with E-state index in [2.05, 4.69) is 47.8 Å². The molecule has 0 saturated heterocycles. The van der Waals surface area contributed by atoms with Crippen LogP contribution in [0.25, 0.3) is 0 Å². The fourth-order valence-electron chi connectivity index (χ4n) is 0.904. The van der Waals surface area contributed by atoms with Crippen molar-refractivity contribution >= 4 is 63.6 Å². The molecule has 0 atom stereocenters. The van der Waals surface area contributed by atoms with Gasteiger partial charge in [0.1, 0.15) is 0 Å². The first-order valence-electron chi connectivity index (χ1n) is 3.79. The van der Waals surface area contributed by atoms with E-state index in [-0.39, 0.29) is 61.8 Å². The predicted octanol–water partition coefficient (Wildman–Crippen LogP) is -1.38. The van der Waals surface area contributed by atoms with Gasteiger partial charge in [0.2, 0.25) is 11.3 Å². The second-order valence-electron chi connectivity index (χ2n) is 2.76. The summed E-state index contributed by atoms with van der Waals surface area (Å²) >= 11 is 8.70. The second-order valence-corrected chi connectivity index (χ2v) is 13.2. The van der Waals surface area contributed by atoms with Gasteiger partial charge in [-0.15, -0.1) is 0 Å².